The van der Waals surface area contributed by atoms with Crippen LogP contribution in [0.4, 0.5) is 5.13 Å². The maximum Gasteiger partial charge on any atom is 0.243 e. The van der Waals surface area contributed by atoms with Gasteiger partial charge in [0.1, 0.15) is 17.7 Å². The molecule has 10 nitrogen and oxygen atoms in total. The van der Waals surface area contributed by atoms with E-state index in [0.29, 0.717) is 13.0 Å². The summed E-state index contributed by atoms with van der Waals surface area (Å²) < 4.78 is 5.33. The van der Waals surface area contributed by atoms with E-state index >= 15 is 0 Å². The van der Waals surface area contributed by atoms with Crippen molar-refractivity contribution in [2.24, 2.45) is 0 Å². The third-order valence-corrected chi connectivity index (χ3v) is 7.51. The number of nitrogens with one attached hydrogen (secondary N) is 3. The molecule has 1 aliphatic rings. The van der Waals surface area contributed by atoms with Gasteiger partial charge < -0.3 is 25.6 Å². The van der Waals surface area contributed by atoms with Gasteiger partial charge >= 0.3 is 0 Å². The van der Waals surface area contributed by atoms with Crippen LogP contribution in [0.3, 0.4) is 0 Å². The summed E-state index contributed by atoms with van der Waals surface area (Å²) in [7, 11) is 3.74. The van der Waals surface area contributed by atoms with Crippen molar-refractivity contribution in [1.29, 1.82) is 0 Å². The first kappa shape index (κ1) is 31.9. The maximum absolute atomic E-state index is 13.4. The van der Waals surface area contributed by atoms with E-state index in [-0.39, 0.29) is 28.8 Å². The first-order chi connectivity index (χ1) is 18.3. The van der Waals surface area contributed by atoms with Crippen LogP contribution in [-0.2, 0) is 30.3 Å². The summed E-state index contributed by atoms with van der Waals surface area (Å²) in [5.41, 5.74) is 0.846. The molecule has 2 rings (SSSR count). The number of hydrogen-bond donors (Lipinski definition) is 3. The number of carbonyl (C=O) groups excluding carboxylic acids is 4. The van der Waals surface area contributed by atoms with Crippen LogP contribution < -0.4 is 20.9 Å². The van der Waals surface area contributed by atoms with Gasteiger partial charge in [-0.1, -0.05) is 36.0 Å². The van der Waals surface area contributed by atoms with Crippen molar-refractivity contribution in [3.05, 3.63) is 47.0 Å². The van der Waals surface area contributed by atoms with Crippen molar-refractivity contribution in [3.8, 4) is 0 Å². The minimum Gasteiger partial charge on any atom is -0.361 e. The summed E-state index contributed by atoms with van der Waals surface area (Å²) in [5, 5.41) is 9.04. The molecule has 4 atom stereocenters. The summed E-state index contributed by atoms with van der Waals surface area (Å²) in [5.74, 6) is -1.55. The highest BCUT2D eigenvalue weighted by atomic mass is 32.1. The number of nitrogens with zero attached hydrogens (tertiary/aromatic N) is 2. The average molecular weight is 566 g/mol. The molecule has 0 aliphatic carbocycles. The fourth-order valence-corrected chi connectivity index (χ4v) is 4.57. The van der Waals surface area contributed by atoms with Crippen LogP contribution in [-0.4, -0.2) is 72.9 Å². The molecule has 3 amide bonds. The number of hydrogen-bond acceptors (Lipinski definition) is 8. The molecule has 1 aliphatic heterocycles. The molecule has 4 unspecified atom stereocenters. The maximum atomic E-state index is 13.4. The Balaban J connectivity index is 0. The second-order valence-corrected chi connectivity index (χ2v) is 11.4. The molecule has 220 valence electrons. The minimum atomic E-state index is -0.966. The van der Waals surface area contributed by atoms with Gasteiger partial charge in [-0.25, -0.2) is 4.98 Å². The quantitative estimate of drug-likeness (QED) is 0.169. The van der Waals surface area contributed by atoms with Crippen LogP contribution >= 0.6 is 11.3 Å². The molecule has 0 bridgehead atoms. The second-order valence-electron chi connectivity index (χ2n) is 10.3. The Morgan fingerprint density at radius 3 is 2.31 bits per heavy atom. The van der Waals surface area contributed by atoms with Crippen LogP contribution in [0.15, 0.2) is 42.2 Å². The monoisotopic (exact) mass is 565 g/mol. The lowest BCUT2D eigenvalue weighted by atomic mass is 9.94. The van der Waals surface area contributed by atoms with Gasteiger partial charge in [0.25, 0.3) is 0 Å². The summed E-state index contributed by atoms with van der Waals surface area (Å²) in [6, 6.07) is -2.65. The van der Waals surface area contributed by atoms with E-state index in [2.05, 4.69) is 27.5 Å². The molecule has 0 radical (unpaired) electrons. The summed E-state index contributed by atoms with van der Waals surface area (Å²) in [4.78, 5) is 58.9. The Morgan fingerprint density at radius 1 is 1.15 bits per heavy atom. The third-order valence-electron chi connectivity index (χ3n) is 6.34. The number of thiazole rings is 1. The number of epoxide rings is 1. The van der Waals surface area contributed by atoms with Gasteiger partial charge in [-0.15, -0.1) is 11.3 Å². The van der Waals surface area contributed by atoms with Crippen molar-refractivity contribution in [1.82, 2.24) is 20.9 Å². The lowest BCUT2D eigenvalue weighted by molar-refractivity contribution is -0.134. The van der Waals surface area contributed by atoms with Crippen LogP contribution in [0.1, 0.15) is 56.6 Å². The number of ketones is 1. The molecule has 1 fully saturated rings. The zero-order chi connectivity index (χ0) is 29.3. The van der Waals surface area contributed by atoms with Gasteiger partial charge in [0.2, 0.25) is 17.7 Å². The van der Waals surface area contributed by atoms with E-state index in [9.17, 15) is 19.2 Å². The van der Waals surface area contributed by atoms with E-state index in [1.807, 2.05) is 45.8 Å². The van der Waals surface area contributed by atoms with Crippen LogP contribution in [0.2, 0.25) is 0 Å². The topological polar surface area (TPSA) is 133 Å². The molecule has 0 saturated carbocycles. The van der Waals surface area contributed by atoms with Crippen LogP contribution in [0.5, 0.6) is 0 Å². The van der Waals surface area contributed by atoms with Crippen molar-refractivity contribution in [2.45, 2.75) is 77.6 Å². The Kier molecular flexibility index (Phi) is 11.6. The number of ether oxygens (including phenoxy) is 1. The third kappa shape index (κ3) is 9.74. The number of allylic oxidation sites excluding steroid dienone is 3. The number of anilines is 1. The van der Waals surface area contributed by atoms with Gasteiger partial charge in [0.05, 0.1) is 19.1 Å². The predicted octanol–water partition coefficient (Wildman–Crippen LogP) is 3.20. The van der Waals surface area contributed by atoms with Crippen molar-refractivity contribution in [3.63, 3.8) is 0 Å². The second kappa shape index (κ2) is 14.2. The van der Waals surface area contributed by atoms with Crippen molar-refractivity contribution < 1.29 is 28.2 Å². The van der Waals surface area contributed by atoms with E-state index in [1.165, 1.54) is 11.3 Å². The Bertz CT molecular complexity index is 1150. The molecule has 3 N–H and O–H groups in total. The molecule has 0 aromatic carbocycles. The van der Waals surface area contributed by atoms with Crippen LogP contribution in [0, 0.1) is 0 Å². The van der Waals surface area contributed by atoms with Gasteiger partial charge in [0, 0.05) is 29.4 Å². The van der Waals surface area contributed by atoms with E-state index < -0.39 is 35.5 Å². The van der Waals surface area contributed by atoms with Crippen LogP contribution in [0.25, 0.3) is 0 Å². The number of amides is 3. The Labute approximate surface area is 239 Å². The van der Waals surface area contributed by atoms with Gasteiger partial charge in [-0.3, -0.25) is 19.2 Å². The molecular formula is C28H47N5O5S. The SMILES string of the molecule is C=C/C=C(\C)CC(NC(=O)C(C)NC(=O)Cc1cnc(N(C)C)s1)C(=O)NC(C/C(C)=C/C)C(=O)C1(C)CO1.[HH].[HH].[HH]. The van der Waals surface area contributed by atoms with Crippen molar-refractivity contribution in [2.75, 3.05) is 25.6 Å². The smallest absolute Gasteiger partial charge is 0.243 e. The molecular weight excluding hydrogens is 518 g/mol. The molecule has 0 spiro atoms. The lowest BCUT2D eigenvalue weighted by Gasteiger charge is -2.25. The van der Waals surface area contributed by atoms with E-state index in [1.54, 1.807) is 32.2 Å². The molecule has 39 heavy (non-hydrogen) atoms. The molecule has 1 aromatic rings. The summed E-state index contributed by atoms with van der Waals surface area (Å²) in [6.07, 6.45) is 7.50. The number of Topliss-reactive ketones (excluding diaryl/α,β-unsaturated/α-hetero) is 1. The van der Waals surface area contributed by atoms with E-state index in [4.69, 9.17) is 4.74 Å². The van der Waals surface area contributed by atoms with Crippen molar-refractivity contribution >= 4 is 40.0 Å². The largest absolute Gasteiger partial charge is 0.361 e. The minimum absolute atomic E-state index is 0. The highest BCUT2D eigenvalue weighted by Crippen LogP contribution is 2.29. The summed E-state index contributed by atoms with van der Waals surface area (Å²) >= 11 is 1.40. The standard InChI is InChI=1S/C28H41N5O5S.3H2/c1-9-11-18(4)13-22(26(37)31-21(12-17(3)10-2)24(35)28(6)16-38-28)32-25(36)19(5)30-23(34)14-20-15-29-27(39-20)33(7)8;;;/h9-11,15,19,21-22H,1,12-14,16H2,2-8H3,(H,30,34)(H,31,37)(H,32,36);3*1H/b17-10+,18-11+;;;. The van der Waals surface area contributed by atoms with Gasteiger partial charge in [-0.05, 0) is 47.5 Å². The molecule has 1 saturated heterocycles. The highest BCUT2D eigenvalue weighted by Gasteiger charge is 2.50. The highest BCUT2D eigenvalue weighted by molar-refractivity contribution is 7.15. The number of rotatable bonds is 15. The molecule has 1 aromatic heterocycles. The first-order valence-corrected chi connectivity index (χ1v) is 13.7. The zero-order valence-corrected chi connectivity index (χ0v) is 24.7. The molecule has 11 heteroatoms. The first-order valence-electron chi connectivity index (χ1n) is 12.9. The Morgan fingerprint density at radius 2 is 1.77 bits per heavy atom. The number of aromatic nitrogens is 1. The molecule has 2 heterocycles. The predicted molar refractivity (Wildman–Crippen MR) is 160 cm³/mol. The lowest BCUT2D eigenvalue weighted by Crippen LogP contribution is -2.56. The average Bonchev–Trinajstić information content (AvgIpc) is 3.44. The zero-order valence-electron chi connectivity index (χ0n) is 23.9. The summed E-state index contributed by atoms with van der Waals surface area (Å²) in [6.45, 7) is 12.8. The Hall–Kier alpha value is -3.31. The van der Waals surface area contributed by atoms with Gasteiger partial charge in [0.15, 0.2) is 10.9 Å². The van der Waals surface area contributed by atoms with E-state index in [0.717, 1.165) is 21.2 Å². The van der Waals surface area contributed by atoms with Gasteiger partial charge in [-0.2, -0.15) is 0 Å². The fourth-order valence-electron chi connectivity index (χ4n) is 3.74. The fraction of sp³-hybridized carbons (Fsp3) is 0.536. The normalized spacial score (nSPS) is 19.4. The number of carbonyl (C=O) groups is 4.